The van der Waals surface area contributed by atoms with Gasteiger partial charge in [-0.2, -0.15) is 0 Å². The Bertz CT molecular complexity index is 2240. The Morgan fingerprint density at radius 3 is 2.37 bits per heavy atom. The van der Waals surface area contributed by atoms with Gasteiger partial charge in [0.2, 0.25) is 11.8 Å². The molecule has 5 amide bonds. The van der Waals surface area contributed by atoms with Crippen LogP contribution in [0.15, 0.2) is 58.7 Å². The van der Waals surface area contributed by atoms with Crippen molar-refractivity contribution < 1.29 is 46.3 Å². The Morgan fingerprint density at radius 1 is 0.921 bits per heavy atom. The predicted octanol–water partition coefficient (Wildman–Crippen LogP) is 3.12. The molecule has 18 nitrogen and oxygen atoms in total. The maximum atomic E-state index is 14.7. The van der Waals surface area contributed by atoms with Crippen LogP contribution in [-0.4, -0.2) is 122 Å². The molecule has 4 N–H and O–H groups in total. The van der Waals surface area contributed by atoms with Gasteiger partial charge in [-0.1, -0.05) is 37.8 Å². The van der Waals surface area contributed by atoms with Gasteiger partial charge in [-0.3, -0.25) is 23.7 Å². The van der Waals surface area contributed by atoms with E-state index in [1.54, 1.807) is 13.1 Å². The fourth-order valence-corrected chi connectivity index (χ4v) is 10.3. The van der Waals surface area contributed by atoms with Crippen LogP contribution >= 0.6 is 0 Å². The molecule has 0 bridgehead atoms. The lowest BCUT2D eigenvalue weighted by Gasteiger charge is -2.36. The number of piperazine rings is 1. The molecular formula is C43H57FN8O10S. The molecule has 5 atom stereocenters. The molecule has 4 fully saturated rings. The number of hydrogen-bond donors (Lipinski definition) is 4. The van der Waals surface area contributed by atoms with Gasteiger partial charge in [0.15, 0.2) is 0 Å². The highest BCUT2D eigenvalue weighted by molar-refractivity contribution is 7.90. The van der Waals surface area contributed by atoms with Crippen molar-refractivity contribution in [3.63, 3.8) is 0 Å². The SMILES string of the molecule is C=C[C@@H]1C[C@@]12NC(=O)[C@@H]1C[C@@H](OC(=O)N3CCN(c4cccc(=O)n4C)CC3)CN1C(=O)[C@@H](NC(=O)OC1CCCC1)CCCCCCCNc1ccc(F)cc1S(=O)(=O)NC2=O. The summed E-state index contributed by atoms with van der Waals surface area (Å²) in [6, 6.07) is 5.77. The first kappa shape index (κ1) is 45.4. The third kappa shape index (κ3) is 10.4. The van der Waals surface area contributed by atoms with Crippen LogP contribution in [0.2, 0.25) is 0 Å². The first-order chi connectivity index (χ1) is 30.2. The van der Waals surface area contributed by atoms with E-state index in [1.165, 1.54) is 32.6 Å². The van der Waals surface area contributed by atoms with Crippen molar-refractivity contribution in [3.8, 4) is 0 Å². The summed E-state index contributed by atoms with van der Waals surface area (Å²) >= 11 is 0. The van der Waals surface area contributed by atoms with Crippen molar-refractivity contribution >= 4 is 51.4 Å². The van der Waals surface area contributed by atoms with Crippen LogP contribution in [-0.2, 0) is 40.9 Å². The Morgan fingerprint density at radius 2 is 1.63 bits per heavy atom. The number of halogens is 1. The van der Waals surface area contributed by atoms with Crippen molar-refractivity contribution in [2.24, 2.45) is 13.0 Å². The summed E-state index contributed by atoms with van der Waals surface area (Å²) in [5.74, 6) is -3.31. The number of ether oxygens (including phenoxy) is 2. The smallest absolute Gasteiger partial charge is 0.410 e. The maximum absolute atomic E-state index is 14.7. The number of carbonyl (C=O) groups is 5. The maximum Gasteiger partial charge on any atom is 0.410 e. The molecule has 63 heavy (non-hydrogen) atoms. The van der Waals surface area contributed by atoms with E-state index in [2.05, 4.69) is 22.5 Å². The highest BCUT2D eigenvalue weighted by Crippen LogP contribution is 2.45. The fourth-order valence-electron chi connectivity index (χ4n) is 9.07. The van der Waals surface area contributed by atoms with Crippen LogP contribution in [0, 0.1) is 11.7 Å². The molecule has 1 aromatic heterocycles. The third-order valence-corrected chi connectivity index (χ3v) is 14.2. The summed E-state index contributed by atoms with van der Waals surface area (Å²) in [7, 11) is -3.00. The zero-order valence-corrected chi connectivity index (χ0v) is 36.3. The molecule has 2 aromatic rings. The minimum absolute atomic E-state index is 0.0166. The standard InChI is InChI=1S/C43H57FN8O10S/c1-3-28-26-43(28)40(56)48-63(59,60)35-24-29(44)17-18-32(35)45-19-10-6-4-5-7-14-33(46-41(57)61-30-12-8-9-13-30)39(55)52-27-31(25-34(52)38(54)47-43)62-42(58)51-22-20-50(21-23-51)36-15-11-16-37(53)49(36)2/h3,11,15-18,24,28,30-31,33-34,45H,1,4-10,12-14,19-23,25-27H2,2H3,(H,46,57)(H,47,54)(H,48,56)/t28-,31-,33+,34+,43-/m1/s1. The molecule has 342 valence electrons. The number of nitrogens with one attached hydrogen (secondary N) is 4. The average Bonchev–Trinajstić information content (AvgIpc) is 3.50. The Labute approximate surface area is 365 Å². The molecule has 2 saturated carbocycles. The molecular weight excluding hydrogens is 840 g/mol. The number of aromatic nitrogens is 1. The Balaban J connectivity index is 1.13. The summed E-state index contributed by atoms with van der Waals surface area (Å²) in [6.45, 7) is 5.28. The van der Waals surface area contributed by atoms with Gasteiger partial charge in [-0.15, -0.1) is 6.58 Å². The third-order valence-electron chi connectivity index (χ3n) is 12.8. The minimum atomic E-state index is -4.68. The molecule has 1 spiro atoms. The largest absolute Gasteiger partial charge is 0.446 e. The van der Waals surface area contributed by atoms with Gasteiger partial charge in [0.25, 0.3) is 21.5 Å². The molecule has 1 aromatic carbocycles. The van der Waals surface area contributed by atoms with Gasteiger partial charge in [0, 0.05) is 58.2 Å². The second-order valence-corrected chi connectivity index (χ2v) is 18.7. The zero-order valence-electron chi connectivity index (χ0n) is 35.5. The molecule has 2 aliphatic carbocycles. The van der Waals surface area contributed by atoms with Gasteiger partial charge in [-0.25, -0.2) is 27.1 Å². The van der Waals surface area contributed by atoms with Crippen LogP contribution in [0.25, 0.3) is 0 Å². The highest BCUT2D eigenvalue weighted by Gasteiger charge is 2.61. The van der Waals surface area contributed by atoms with Crippen molar-refractivity contribution in [1.82, 2.24) is 29.7 Å². The van der Waals surface area contributed by atoms with Crippen LogP contribution in [0.5, 0.6) is 0 Å². The van der Waals surface area contributed by atoms with E-state index in [1.807, 2.05) is 15.7 Å². The fraction of sp³-hybridized carbons (Fsp3) is 0.581. The predicted molar refractivity (Wildman–Crippen MR) is 229 cm³/mol. The number of anilines is 2. The van der Waals surface area contributed by atoms with Gasteiger partial charge in [0.05, 0.1) is 12.2 Å². The number of fused-ring (bicyclic) bond motifs is 2. The summed E-state index contributed by atoms with van der Waals surface area (Å²) < 4.78 is 57.2. The number of amides is 5. The van der Waals surface area contributed by atoms with E-state index >= 15 is 0 Å². The molecule has 7 rings (SSSR count). The molecule has 0 radical (unpaired) electrons. The zero-order chi connectivity index (χ0) is 44.9. The van der Waals surface area contributed by atoms with E-state index in [9.17, 15) is 41.6 Å². The molecule has 0 unspecified atom stereocenters. The summed E-state index contributed by atoms with van der Waals surface area (Å²) in [6.07, 6.45) is 5.41. The van der Waals surface area contributed by atoms with Crippen LogP contribution in [0.3, 0.4) is 0 Å². The number of benzene rings is 1. The number of rotatable bonds is 5. The number of carbonyl (C=O) groups excluding carboxylic acids is 5. The van der Waals surface area contributed by atoms with Crippen molar-refractivity contribution in [2.45, 2.75) is 112 Å². The quantitative estimate of drug-likeness (QED) is 0.319. The first-order valence-corrected chi connectivity index (χ1v) is 23.4. The summed E-state index contributed by atoms with van der Waals surface area (Å²) in [5, 5.41) is 8.51. The second-order valence-electron chi connectivity index (χ2n) is 17.1. The van der Waals surface area contributed by atoms with Crippen LogP contribution in [0.1, 0.15) is 77.0 Å². The summed E-state index contributed by atoms with van der Waals surface area (Å²) in [5.41, 5.74) is -1.85. The summed E-state index contributed by atoms with van der Waals surface area (Å²) in [4.78, 5) is 86.5. The molecule has 3 aliphatic heterocycles. The van der Waals surface area contributed by atoms with Crippen molar-refractivity contribution in [3.05, 3.63) is 65.2 Å². The number of hydrogen-bond acceptors (Lipinski definition) is 12. The van der Waals surface area contributed by atoms with Crippen LogP contribution < -0.4 is 31.1 Å². The first-order valence-electron chi connectivity index (χ1n) is 21.9. The minimum Gasteiger partial charge on any atom is -0.446 e. The molecule has 4 heterocycles. The van der Waals surface area contributed by atoms with Gasteiger partial charge < -0.3 is 40.1 Å². The second kappa shape index (κ2) is 19.4. The molecule has 5 aliphatic rings. The number of pyridine rings is 1. The van der Waals surface area contributed by atoms with E-state index in [4.69, 9.17) is 9.47 Å². The Hall–Kier alpha value is -5.66. The molecule has 2 saturated heterocycles. The lowest BCUT2D eigenvalue weighted by molar-refractivity contribution is -0.141. The van der Waals surface area contributed by atoms with E-state index in [0.29, 0.717) is 57.6 Å². The topological polar surface area (TPSA) is 218 Å². The van der Waals surface area contributed by atoms with Gasteiger partial charge in [-0.05, 0) is 69.2 Å². The normalized spacial score (nSPS) is 27.3. The van der Waals surface area contributed by atoms with Crippen molar-refractivity contribution in [1.29, 1.82) is 0 Å². The lowest BCUT2D eigenvalue weighted by atomic mass is 10.0. The lowest BCUT2D eigenvalue weighted by Crippen LogP contribution is -2.58. The van der Waals surface area contributed by atoms with Gasteiger partial charge >= 0.3 is 12.2 Å². The van der Waals surface area contributed by atoms with Crippen LogP contribution in [0.4, 0.5) is 25.5 Å². The van der Waals surface area contributed by atoms with E-state index < -0.39 is 80.3 Å². The highest BCUT2D eigenvalue weighted by atomic mass is 32.2. The van der Waals surface area contributed by atoms with Crippen molar-refractivity contribution in [2.75, 3.05) is 49.5 Å². The van der Waals surface area contributed by atoms with Gasteiger partial charge in [0.1, 0.15) is 46.4 Å². The Kier molecular flexibility index (Phi) is 14.0. The molecule has 20 heteroatoms. The number of nitrogens with zero attached hydrogens (tertiary/aromatic N) is 4. The number of alkyl carbamates (subject to hydrolysis) is 1. The van der Waals surface area contributed by atoms with E-state index in [-0.39, 0.29) is 56.2 Å². The number of sulfonamides is 1. The van der Waals surface area contributed by atoms with E-state index in [0.717, 1.165) is 37.8 Å². The average molecular weight is 897 g/mol. The monoisotopic (exact) mass is 896 g/mol.